The molecule has 1 saturated heterocycles. The number of piperidine rings is 1. The van der Waals surface area contributed by atoms with Gasteiger partial charge in [0.05, 0.1) is 0 Å². The summed E-state index contributed by atoms with van der Waals surface area (Å²) >= 11 is 0. The van der Waals surface area contributed by atoms with E-state index in [1.165, 1.54) is 0 Å². The maximum absolute atomic E-state index is 12.1. The van der Waals surface area contributed by atoms with Crippen molar-refractivity contribution in [3.8, 4) is 0 Å². The predicted molar refractivity (Wildman–Crippen MR) is 105 cm³/mol. The SMILES string of the molecule is Cl.Cl.NCCCCNC(=O)C1CCN(c2nc3ccccc3o2)CC1. The molecule has 1 aromatic carbocycles. The third kappa shape index (κ3) is 5.49. The Hall–Kier alpha value is -1.50. The van der Waals surface area contributed by atoms with Crippen LogP contribution in [-0.4, -0.2) is 37.1 Å². The zero-order chi connectivity index (χ0) is 16.1. The van der Waals surface area contributed by atoms with Gasteiger partial charge in [-0.2, -0.15) is 4.98 Å². The molecule has 3 rings (SSSR count). The summed E-state index contributed by atoms with van der Waals surface area (Å²) in [7, 11) is 0. The Morgan fingerprint density at radius 2 is 1.96 bits per heavy atom. The number of nitrogens with one attached hydrogen (secondary N) is 1. The van der Waals surface area contributed by atoms with Gasteiger partial charge in [0.1, 0.15) is 5.52 Å². The molecule has 0 unspecified atom stereocenters. The second-order valence-electron chi connectivity index (χ2n) is 6.01. The second kappa shape index (κ2) is 10.5. The number of nitrogens with zero attached hydrogens (tertiary/aromatic N) is 2. The number of aromatic nitrogens is 1. The van der Waals surface area contributed by atoms with Gasteiger partial charge in [-0.05, 0) is 44.4 Å². The molecular weight excluding hydrogens is 363 g/mol. The van der Waals surface area contributed by atoms with Crippen molar-refractivity contribution in [1.29, 1.82) is 0 Å². The molecule has 1 aromatic heterocycles. The molecule has 8 heteroatoms. The highest BCUT2D eigenvalue weighted by Crippen LogP contribution is 2.26. The van der Waals surface area contributed by atoms with Gasteiger partial charge in [0.2, 0.25) is 5.91 Å². The van der Waals surface area contributed by atoms with Gasteiger partial charge in [0.15, 0.2) is 5.58 Å². The zero-order valence-electron chi connectivity index (χ0n) is 14.1. The molecule has 1 amide bonds. The van der Waals surface area contributed by atoms with Crippen LogP contribution in [-0.2, 0) is 4.79 Å². The maximum atomic E-state index is 12.1. The molecule has 0 bridgehead atoms. The number of carbonyl (C=O) groups excluding carboxylic acids is 1. The van der Waals surface area contributed by atoms with Crippen LogP contribution in [0.15, 0.2) is 28.7 Å². The summed E-state index contributed by atoms with van der Waals surface area (Å²) in [6.07, 6.45) is 3.57. The number of para-hydroxylation sites is 2. The van der Waals surface area contributed by atoms with Crippen LogP contribution in [0.5, 0.6) is 0 Å². The molecule has 6 nitrogen and oxygen atoms in total. The normalized spacial score (nSPS) is 14.7. The fourth-order valence-corrected chi connectivity index (χ4v) is 2.95. The first kappa shape index (κ1) is 21.5. The standard InChI is InChI=1S/C17H24N4O2.2ClH/c18-9-3-4-10-19-16(22)13-7-11-21(12-8-13)17-20-14-5-1-2-6-15(14)23-17;;/h1-2,5-6,13H,3-4,7-12,18H2,(H,19,22);2*1H. The van der Waals surface area contributed by atoms with E-state index >= 15 is 0 Å². The Bertz CT molecular complexity index is 624. The van der Waals surface area contributed by atoms with Crippen LogP contribution >= 0.6 is 24.8 Å². The van der Waals surface area contributed by atoms with E-state index in [2.05, 4.69) is 15.2 Å². The lowest BCUT2D eigenvalue weighted by atomic mass is 9.96. The van der Waals surface area contributed by atoms with E-state index in [1.807, 2.05) is 24.3 Å². The summed E-state index contributed by atoms with van der Waals surface area (Å²) in [5.41, 5.74) is 7.14. The fraction of sp³-hybridized carbons (Fsp3) is 0.529. The summed E-state index contributed by atoms with van der Waals surface area (Å²) in [4.78, 5) is 18.8. The summed E-state index contributed by atoms with van der Waals surface area (Å²) < 4.78 is 5.80. The minimum absolute atomic E-state index is 0. The Labute approximate surface area is 160 Å². The molecular formula is C17H26Cl2N4O2. The fourth-order valence-electron chi connectivity index (χ4n) is 2.95. The molecule has 3 N–H and O–H groups in total. The molecule has 0 atom stereocenters. The van der Waals surface area contributed by atoms with Gasteiger partial charge in [-0.1, -0.05) is 12.1 Å². The number of halogens is 2. The lowest BCUT2D eigenvalue weighted by Crippen LogP contribution is -2.41. The highest BCUT2D eigenvalue weighted by atomic mass is 35.5. The quantitative estimate of drug-likeness (QED) is 0.743. The molecule has 1 fully saturated rings. The molecule has 0 spiro atoms. The van der Waals surface area contributed by atoms with Crippen molar-refractivity contribution in [3.63, 3.8) is 0 Å². The van der Waals surface area contributed by atoms with E-state index in [-0.39, 0.29) is 36.6 Å². The van der Waals surface area contributed by atoms with Crippen LogP contribution in [0.4, 0.5) is 6.01 Å². The number of nitrogens with two attached hydrogens (primary N) is 1. The minimum Gasteiger partial charge on any atom is -0.423 e. The molecule has 0 saturated carbocycles. The zero-order valence-corrected chi connectivity index (χ0v) is 15.8. The van der Waals surface area contributed by atoms with Crippen molar-refractivity contribution in [2.75, 3.05) is 31.1 Å². The minimum atomic E-state index is 0. The Kier molecular flexibility index (Phi) is 9.03. The number of benzene rings is 1. The number of anilines is 1. The van der Waals surface area contributed by atoms with Crippen molar-refractivity contribution >= 4 is 47.8 Å². The van der Waals surface area contributed by atoms with Crippen molar-refractivity contribution in [1.82, 2.24) is 10.3 Å². The van der Waals surface area contributed by atoms with Gasteiger partial charge < -0.3 is 20.4 Å². The first-order valence-corrected chi connectivity index (χ1v) is 8.36. The van der Waals surface area contributed by atoms with Gasteiger partial charge in [-0.25, -0.2) is 0 Å². The number of hydrogen-bond acceptors (Lipinski definition) is 5. The highest BCUT2D eigenvalue weighted by molar-refractivity contribution is 5.85. The van der Waals surface area contributed by atoms with Crippen LogP contribution in [0.25, 0.3) is 11.1 Å². The number of oxazole rings is 1. The van der Waals surface area contributed by atoms with Crippen LogP contribution in [0.1, 0.15) is 25.7 Å². The maximum Gasteiger partial charge on any atom is 0.298 e. The van der Waals surface area contributed by atoms with Gasteiger partial charge in [-0.3, -0.25) is 4.79 Å². The Morgan fingerprint density at radius 1 is 1.24 bits per heavy atom. The van der Waals surface area contributed by atoms with E-state index in [0.717, 1.165) is 56.4 Å². The summed E-state index contributed by atoms with van der Waals surface area (Å²) in [6, 6.07) is 8.43. The van der Waals surface area contributed by atoms with Gasteiger partial charge in [-0.15, -0.1) is 24.8 Å². The summed E-state index contributed by atoms with van der Waals surface area (Å²) in [5.74, 6) is 0.257. The Balaban J connectivity index is 0.00000156. The van der Waals surface area contributed by atoms with Gasteiger partial charge >= 0.3 is 0 Å². The van der Waals surface area contributed by atoms with Gasteiger partial charge in [0.25, 0.3) is 6.01 Å². The Morgan fingerprint density at radius 3 is 2.64 bits per heavy atom. The number of unbranched alkanes of at least 4 members (excludes halogenated alkanes) is 1. The molecule has 25 heavy (non-hydrogen) atoms. The molecule has 2 heterocycles. The number of amides is 1. The van der Waals surface area contributed by atoms with E-state index in [1.54, 1.807) is 0 Å². The molecule has 1 aliphatic heterocycles. The molecule has 0 aliphatic carbocycles. The second-order valence-corrected chi connectivity index (χ2v) is 6.01. The summed E-state index contributed by atoms with van der Waals surface area (Å²) in [5, 5.41) is 3.01. The van der Waals surface area contributed by atoms with Crippen molar-refractivity contribution in [2.45, 2.75) is 25.7 Å². The topological polar surface area (TPSA) is 84.4 Å². The van der Waals surface area contributed by atoms with E-state index < -0.39 is 0 Å². The van der Waals surface area contributed by atoms with E-state index in [9.17, 15) is 4.79 Å². The van der Waals surface area contributed by atoms with E-state index in [4.69, 9.17) is 10.2 Å². The van der Waals surface area contributed by atoms with Crippen molar-refractivity contribution in [2.24, 2.45) is 11.7 Å². The number of carbonyl (C=O) groups is 1. The lowest BCUT2D eigenvalue weighted by Gasteiger charge is -2.30. The van der Waals surface area contributed by atoms with Crippen LogP contribution in [0.3, 0.4) is 0 Å². The smallest absolute Gasteiger partial charge is 0.298 e. The molecule has 2 aromatic rings. The predicted octanol–water partition coefficient (Wildman–Crippen LogP) is 2.74. The molecule has 1 aliphatic rings. The van der Waals surface area contributed by atoms with Crippen LogP contribution in [0, 0.1) is 5.92 Å². The average molecular weight is 389 g/mol. The van der Waals surface area contributed by atoms with Crippen LogP contribution in [0.2, 0.25) is 0 Å². The highest BCUT2D eigenvalue weighted by Gasteiger charge is 2.26. The number of rotatable bonds is 6. The summed E-state index contributed by atoms with van der Waals surface area (Å²) in [6.45, 7) is 3.00. The first-order chi connectivity index (χ1) is 11.3. The lowest BCUT2D eigenvalue weighted by molar-refractivity contribution is -0.125. The molecule has 140 valence electrons. The van der Waals surface area contributed by atoms with E-state index in [0.29, 0.717) is 12.6 Å². The van der Waals surface area contributed by atoms with Crippen LogP contribution < -0.4 is 16.0 Å². The third-order valence-corrected chi connectivity index (χ3v) is 4.35. The largest absolute Gasteiger partial charge is 0.423 e. The third-order valence-electron chi connectivity index (χ3n) is 4.35. The number of fused-ring (bicyclic) bond motifs is 1. The average Bonchev–Trinajstić information content (AvgIpc) is 3.03. The first-order valence-electron chi connectivity index (χ1n) is 8.36. The molecule has 0 radical (unpaired) electrons. The van der Waals surface area contributed by atoms with Crippen molar-refractivity contribution in [3.05, 3.63) is 24.3 Å². The van der Waals surface area contributed by atoms with Gasteiger partial charge in [0, 0.05) is 25.6 Å². The van der Waals surface area contributed by atoms with Crippen molar-refractivity contribution < 1.29 is 9.21 Å². The number of hydrogen-bond donors (Lipinski definition) is 2. The monoisotopic (exact) mass is 388 g/mol.